The highest BCUT2D eigenvalue weighted by molar-refractivity contribution is 7.19. The van der Waals surface area contributed by atoms with Gasteiger partial charge in [0.05, 0.1) is 5.69 Å². The van der Waals surface area contributed by atoms with Crippen molar-refractivity contribution in [2.45, 2.75) is 46.0 Å². The zero-order valence-corrected chi connectivity index (χ0v) is 14.1. The molecule has 0 radical (unpaired) electrons. The Hall–Kier alpha value is -0.920. The van der Waals surface area contributed by atoms with Gasteiger partial charge in [0.1, 0.15) is 9.88 Å². The highest BCUT2D eigenvalue weighted by atomic mass is 32.1. The van der Waals surface area contributed by atoms with Gasteiger partial charge in [0, 0.05) is 18.4 Å². The fraction of sp³-hybridized carbons (Fsp3) is 0.692. The molecule has 0 saturated heterocycles. The van der Waals surface area contributed by atoms with Gasteiger partial charge >= 0.3 is 0 Å². The van der Waals surface area contributed by atoms with Crippen molar-refractivity contribution in [2.75, 3.05) is 13.1 Å². The minimum absolute atomic E-state index is 0.0170. The van der Waals surface area contributed by atoms with Crippen LogP contribution in [0, 0.1) is 0 Å². The molecule has 0 aromatic carbocycles. The van der Waals surface area contributed by atoms with Crippen molar-refractivity contribution in [1.29, 1.82) is 0 Å². The third kappa shape index (κ3) is 3.80. The average Bonchev–Trinajstić information content (AvgIpc) is 3.01. The van der Waals surface area contributed by atoms with Crippen LogP contribution >= 0.6 is 22.9 Å². The van der Waals surface area contributed by atoms with Crippen LogP contribution in [0.5, 0.6) is 0 Å². The highest BCUT2D eigenvalue weighted by Crippen LogP contribution is 2.35. The summed E-state index contributed by atoms with van der Waals surface area (Å²) >= 11 is 3.05. The molecule has 2 aromatic heterocycles. The Morgan fingerprint density at radius 1 is 1.10 bits per heavy atom. The van der Waals surface area contributed by atoms with Gasteiger partial charge in [-0.15, -0.1) is 15.3 Å². The molecule has 1 N–H and O–H groups in total. The first-order valence-corrected chi connectivity index (χ1v) is 8.47. The Labute approximate surface area is 128 Å². The van der Waals surface area contributed by atoms with Gasteiger partial charge < -0.3 is 5.32 Å². The molecular formula is C13H21N5S2. The Bertz CT molecular complexity index is 541. The molecule has 0 aliphatic heterocycles. The Morgan fingerprint density at radius 3 is 2.60 bits per heavy atom. The van der Waals surface area contributed by atoms with Crippen LogP contribution in [0.3, 0.4) is 0 Å². The van der Waals surface area contributed by atoms with Crippen LogP contribution in [0.1, 0.15) is 44.8 Å². The van der Waals surface area contributed by atoms with Crippen LogP contribution in [0.15, 0.2) is 0 Å². The molecule has 0 bridgehead atoms. The van der Waals surface area contributed by atoms with E-state index in [0.717, 1.165) is 46.5 Å². The normalized spacial score (nSPS) is 12.0. The first kappa shape index (κ1) is 15.5. The summed E-state index contributed by atoms with van der Waals surface area (Å²) in [6.45, 7) is 10.6. The van der Waals surface area contributed by atoms with E-state index in [2.05, 4.69) is 52.8 Å². The van der Waals surface area contributed by atoms with E-state index in [-0.39, 0.29) is 5.41 Å². The molecule has 0 aliphatic rings. The first-order chi connectivity index (χ1) is 9.52. The van der Waals surface area contributed by atoms with E-state index in [1.54, 1.807) is 11.3 Å². The largest absolute Gasteiger partial charge is 0.316 e. The van der Waals surface area contributed by atoms with Gasteiger partial charge in [-0.2, -0.15) is 0 Å². The summed E-state index contributed by atoms with van der Waals surface area (Å²) in [5.74, 6) is 0. The Morgan fingerprint density at radius 2 is 1.90 bits per heavy atom. The number of hydrogen-bond donors (Lipinski definition) is 1. The molecule has 2 rings (SSSR count). The van der Waals surface area contributed by atoms with Crippen molar-refractivity contribution < 1.29 is 0 Å². The second kappa shape index (κ2) is 6.69. The maximum Gasteiger partial charge on any atom is 0.161 e. The summed E-state index contributed by atoms with van der Waals surface area (Å²) in [6, 6.07) is 0. The van der Waals surface area contributed by atoms with Crippen LogP contribution in [0.4, 0.5) is 0 Å². The van der Waals surface area contributed by atoms with Gasteiger partial charge in [-0.25, -0.2) is 0 Å². The predicted octanol–water partition coefficient (Wildman–Crippen LogP) is 2.90. The van der Waals surface area contributed by atoms with Crippen molar-refractivity contribution in [3.05, 3.63) is 10.7 Å². The second-order valence-corrected chi connectivity index (χ2v) is 7.52. The Kier molecular flexibility index (Phi) is 5.17. The lowest BCUT2D eigenvalue weighted by molar-refractivity contribution is 0.568. The molecule has 2 heterocycles. The number of aromatic nitrogens is 4. The lowest BCUT2D eigenvalue weighted by Gasteiger charge is -2.15. The van der Waals surface area contributed by atoms with Crippen LogP contribution in [-0.4, -0.2) is 32.9 Å². The van der Waals surface area contributed by atoms with E-state index in [9.17, 15) is 0 Å². The lowest BCUT2D eigenvalue weighted by atomic mass is 9.91. The minimum Gasteiger partial charge on any atom is -0.316 e. The van der Waals surface area contributed by atoms with Crippen LogP contribution in [0.2, 0.25) is 0 Å². The summed E-state index contributed by atoms with van der Waals surface area (Å²) in [6.07, 6.45) is 2.08. The van der Waals surface area contributed by atoms with Gasteiger partial charge in [0.2, 0.25) is 0 Å². The molecule has 7 heteroatoms. The van der Waals surface area contributed by atoms with E-state index in [0.29, 0.717) is 0 Å². The van der Waals surface area contributed by atoms with E-state index in [1.165, 1.54) is 11.5 Å². The zero-order valence-electron chi connectivity index (χ0n) is 12.4. The molecule has 0 aliphatic carbocycles. The standard InChI is InChI=1S/C13H21N5S2/c1-5-7-14-8-6-9-15-17-12(19-9)10-11(13(2,3)4)16-18-20-10/h14H,5-8H2,1-4H3. The average molecular weight is 311 g/mol. The van der Waals surface area contributed by atoms with Crippen molar-refractivity contribution in [3.63, 3.8) is 0 Å². The molecule has 110 valence electrons. The smallest absolute Gasteiger partial charge is 0.161 e. The first-order valence-electron chi connectivity index (χ1n) is 6.88. The zero-order chi connectivity index (χ0) is 14.6. The minimum atomic E-state index is -0.0170. The van der Waals surface area contributed by atoms with Crippen molar-refractivity contribution >= 4 is 22.9 Å². The maximum absolute atomic E-state index is 4.30. The summed E-state index contributed by atoms with van der Waals surface area (Å²) < 4.78 is 4.08. The van der Waals surface area contributed by atoms with Gasteiger partial charge in [-0.05, 0) is 24.5 Å². The second-order valence-electron chi connectivity index (χ2n) is 5.70. The number of nitrogens with one attached hydrogen (secondary N) is 1. The quantitative estimate of drug-likeness (QED) is 0.831. The number of nitrogens with zero attached hydrogens (tertiary/aromatic N) is 4. The third-order valence-electron chi connectivity index (χ3n) is 2.80. The summed E-state index contributed by atoms with van der Waals surface area (Å²) in [4.78, 5) is 1.06. The van der Waals surface area contributed by atoms with E-state index in [4.69, 9.17) is 0 Å². The van der Waals surface area contributed by atoms with E-state index >= 15 is 0 Å². The SMILES string of the molecule is CCCNCCc1nnc(-c2snnc2C(C)(C)C)s1. The molecule has 2 aromatic rings. The lowest BCUT2D eigenvalue weighted by Crippen LogP contribution is -2.17. The summed E-state index contributed by atoms with van der Waals surface area (Å²) in [5, 5.41) is 18.2. The number of hydrogen-bond acceptors (Lipinski definition) is 7. The van der Waals surface area contributed by atoms with Gasteiger partial charge in [0.25, 0.3) is 0 Å². The predicted molar refractivity (Wildman–Crippen MR) is 84.4 cm³/mol. The van der Waals surface area contributed by atoms with Gasteiger partial charge in [-0.3, -0.25) is 0 Å². The third-order valence-corrected chi connectivity index (χ3v) is 4.66. The van der Waals surface area contributed by atoms with E-state index < -0.39 is 0 Å². The molecule has 0 unspecified atom stereocenters. The molecule has 0 atom stereocenters. The van der Waals surface area contributed by atoms with Crippen molar-refractivity contribution in [1.82, 2.24) is 25.1 Å². The van der Waals surface area contributed by atoms with E-state index in [1.807, 2.05) is 0 Å². The van der Waals surface area contributed by atoms with Crippen LogP contribution in [0.25, 0.3) is 9.88 Å². The van der Waals surface area contributed by atoms with Gasteiger partial charge in [-0.1, -0.05) is 43.5 Å². The summed E-state index contributed by atoms with van der Waals surface area (Å²) in [5.41, 5.74) is 0.992. The van der Waals surface area contributed by atoms with Crippen LogP contribution < -0.4 is 5.32 Å². The molecule has 0 fully saturated rings. The summed E-state index contributed by atoms with van der Waals surface area (Å²) in [7, 11) is 0. The topological polar surface area (TPSA) is 63.6 Å². The van der Waals surface area contributed by atoms with Crippen molar-refractivity contribution in [2.24, 2.45) is 0 Å². The monoisotopic (exact) mass is 311 g/mol. The molecule has 0 amide bonds. The van der Waals surface area contributed by atoms with Crippen molar-refractivity contribution in [3.8, 4) is 9.88 Å². The Balaban J connectivity index is 2.07. The fourth-order valence-corrected chi connectivity index (χ4v) is 3.54. The van der Waals surface area contributed by atoms with Gasteiger partial charge in [0.15, 0.2) is 5.01 Å². The molecule has 5 nitrogen and oxygen atoms in total. The molecule has 0 saturated carbocycles. The molecule has 0 spiro atoms. The van der Waals surface area contributed by atoms with Crippen LogP contribution in [-0.2, 0) is 11.8 Å². The number of rotatable bonds is 6. The molecular weight excluding hydrogens is 290 g/mol. The maximum atomic E-state index is 4.30. The fourth-order valence-electron chi connectivity index (χ4n) is 1.77. The highest BCUT2D eigenvalue weighted by Gasteiger charge is 2.25. The molecule has 20 heavy (non-hydrogen) atoms.